The van der Waals surface area contributed by atoms with E-state index in [-0.39, 0.29) is 5.82 Å². The van der Waals surface area contributed by atoms with Crippen LogP contribution in [0.3, 0.4) is 0 Å². The van der Waals surface area contributed by atoms with Crippen molar-refractivity contribution in [3.63, 3.8) is 0 Å². The number of halogens is 2. The second-order valence-corrected chi connectivity index (χ2v) is 6.49. The third kappa shape index (κ3) is 3.46. The zero-order valence-electron chi connectivity index (χ0n) is 12.7. The summed E-state index contributed by atoms with van der Waals surface area (Å²) in [6.07, 6.45) is 1.86. The largest absolute Gasteiger partial charge is 0.383 e. The predicted octanol–water partition coefficient (Wildman–Crippen LogP) is 4.64. The summed E-state index contributed by atoms with van der Waals surface area (Å²) in [6.45, 7) is 7.23. The van der Waals surface area contributed by atoms with Crippen LogP contribution in [0.5, 0.6) is 0 Å². The van der Waals surface area contributed by atoms with Gasteiger partial charge in [-0.2, -0.15) is 0 Å². The highest BCUT2D eigenvalue weighted by Crippen LogP contribution is 2.33. The van der Waals surface area contributed by atoms with Crippen LogP contribution in [0, 0.1) is 11.7 Å². The highest BCUT2D eigenvalue weighted by atomic mass is 79.9. The number of aromatic nitrogens is 2. The summed E-state index contributed by atoms with van der Waals surface area (Å²) in [6, 6.07) is 4.57. The predicted molar refractivity (Wildman–Crippen MR) is 88.6 cm³/mol. The molecule has 0 unspecified atom stereocenters. The fraction of sp³-hybridized carbons (Fsp3) is 0.438. The summed E-state index contributed by atoms with van der Waals surface area (Å²) < 4.78 is 16.4. The van der Waals surface area contributed by atoms with Crippen molar-refractivity contribution < 1.29 is 4.39 Å². The Morgan fingerprint density at radius 1 is 1.38 bits per heavy atom. The zero-order chi connectivity index (χ0) is 15.6. The first-order chi connectivity index (χ1) is 9.93. The molecule has 114 valence electrons. The molecule has 3 nitrogen and oxygen atoms in total. The van der Waals surface area contributed by atoms with Crippen LogP contribution in [0.4, 0.5) is 10.2 Å². The molecule has 0 amide bonds. The number of aryl methyl sites for hydroxylation is 1. The topological polar surface area (TPSA) is 43.8 Å². The molecule has 2 N–H and O–H groups in total. The molecule has 0 radical (unpaired) electrons. The monoisotopic (exact) mass is 353 g/mol. The van der Waals surface area contributed by atoms with E-state index in [1.165, 1.54) is 12.1 Å². The third-order valence-corrected chi connectivity index (χ3v) is 3.98. The lowest BCUT2D eigenvalue weighted by Gasteiger charge is -2.12. The molecule has 0 atom stereocenters. The SMILES string of the molecule is CCCc1nc(-c2cc(F)ccc2Br)c(N)n1CC(C)C. The standard InChI is InChI=1S/C16H21BrFN3/c1-4-5-14-20-15(16(19)21(14)9-10(2)3)12-8-11(18)6-7-13(12)17/h6-8,10H,4-5,9,19H2,1-3H3. The Hall–Kier alpha value is -1.36. The Bertz CT molecular complexity index is 635. The van der Waals surface area contributed by atoms with E-state index >= 15 is 0 Å². The Kier molecular flexibility index (Phi) is 5.04. The highest BCUT2D eigenvalue weighted by Gasteiger charge is 2.18. The molecule has 2 rings (SSSR count). The van der Waals surface area contributed by atoms with E-state index < -0.39 is 0 Å². The summed E-state index contributed by atoms with van der Waals surface area (Å²) in [5.41, 5.74) is 7.65. The van der Waals surface area contributed by atoms with Gasteiger partial charge in [-0.05, 0) is 30.5 Å². The Labute approximate surface area is 133 Å². The number of imidazole rings is 1. The van der Waals surface area contributed by atoms with Crippen molar-refractivity contribution in [2.24, 2.45) is 5.92 Å². The first kappa shape index (κ1) is 16.0. The minimum atomic E-state index is -0.289. The van der Waals surface area contributed by atoms with Gasteiger partial charge < -0.3 is 10.3 Å². The lowest BCUT2D eigenvalue weighted by Crippen LogP contribution is -2.11. The summed E-state index contributed by atoms with van der Waals surface area (Å²) in [5, 5.41) is 0. The first-order valence-corrected chi connectivity index (χ1v) is 8.03. The zero-order valence-corrected chi connectivity index (χ0v) is 14.2. The highest BCUT2D eigenvalue weighted by molar-refractivity contribution is 9.10. The van der Waals surface area contributed by atoms with E-state index in [9.17, 15) is 4.39 Å². The number of benzene rings is 1. The molecule has 0 saturated carbocycles. The van der Waals surface area contributed by atoms with Crippen molar-refractivity contribution in [1.29, 1.82) is 0 Å². The second kappa shape index (κ2) is 6.60. The average Bonchev–Trinajstić information content (AvgIpc) is 2.70. The number of nitrogens with two attached hydrogens (primary N) is 1. The lowest BCUT2D eigenvalue weighted by molar-refractivity contribution is 0.510. The van der Waals surface area contributed by atoms with Gasteiger partial charge in [0.05, 0.1) is 0 Å². The Balaban J connectivity index is 2.56. The number of anilines is 1. The molecule has 0 fully saturated rings. The molecule has 0 aliphatic carbocycles. The van der Waals surface area contributed by atoms with E-state index in [2.05, 4.69) is 46.3 Å². The van der Waals surface area contributed by atoms with Gasteiger partial charge >= 0.3 is 0 Å². The molecule has 1 heterocycles. The molecular formula is C16H21BrFN3. The molecule has 21 heavy (non-hydrogen) atoms. The quantitative estimate of drug-likeness (QED) is 0.850. The van der Waals surface area contributed by atoms with Gasteiger partial charge in [-0.25, -0.2) is 9.37 Å². The maximum Gasteiger partial charge on any atom is 0.131 e. The summed E-state index contributed by atoms with van der Waals surface area (Å²) >= 11 is 3.45. The fourth-order valence-electron chi connectivity index (χ4n) is 2.37. The van der Waals surface area contributed by atoms with Crippen molar-refractivity contribution in [2.75, 3.05) is 5.73 Å². The first-order valence-electron chi connectivity index (χ1n) is 7.24. The number of nitrogens with zero attached hydrogens (tertiary/aromatic N) is 2. The van der Waals surface area contributed by atoms with Crippen LogP contribution in [0.1, 0.15) is 33.0 Å². The van der Waals surface area contributed by atoms with E-state index in [0.29, 0.717) is 23.0 Å². The van der Waals surface area contributed by atoms with Crippen LogP contribution in [0.2, 0.25) is 0 Å². The van der Waals surface area contributed by atoms with Gasteiger partial charge in [-0.3, -0.25) is 0 Å². The van der Waals surface area contributed by atoms with Gasteiger partial charge in [-0.1, -0.05) is 36.7 Å². The van der Waals surface area contributed by atoms with Gasteiger partial charge in [-0.15, -0.1) is 0 Å². The normalized spacial score (nSPS) is 11.3. The third-order valence-electron chi connectivity index (χ3n) is 3.29. The maximum absolute atomic E-state index is 13.5. The molecule has 0 aliphatic heterocycles. The van der Waals surface area contributed by atoms with E-state index in [0.717, 1.165) is 29.7 Å². The van der Waals surface area contributed by atoms with Crippen LogP contribution in [-0.2, 0) is 13.0 Å². The molecular weight excluding hydrogens is 333 g/mol. The summed E-state index contributed by atoms with van der Waals surface area (Å²) in [7, 11) is 0. The van der Waals surface area contributed by atoms with E-state index in [1.807, 2.05) is 0 Å². The minimum Gasteiger partial charge on any atom is -0.383 e. The van der Waals surface area contributed by atoms with Gasteiger partial charge in [0, 0.05) is 23.0 Å². The molecule has 1 aromatic carbocycles. The molecule has 1 aromatic heterocycles. The Morgan fingerprint density at radius 2 is 2.10 bits per heavy atom. The van der Waals surface area contributed by atoms with Crippen LogP contribution in [0.25, 0.3) is 11.3 Å². The number of hydrogen-bond acceptors (Lipinski definition) is 2. The van der Waals surface area contributed by atoms with E-state index in [1.54, 1.807) is 6.07 Å². The van der Waals surface area contributed by atoms with E-state index in [4.69, 9.17) is 5.73 Å². The molecule has 5 heteroatoms. The van der Waals surface area contributed by atoms with Crippen molar-refractivity contribution in [3.05, 3.63) is 34.3 Å². The maximum atomic E-state index is 13.5. The second-order valence-electron chi connectivity index (χ2n) is 5.64. The molecule has 0 aliphatic rings. The Morgan fingerprint density at radius 3 is 2.71 bits per heavy atom. The summed E-state index contributed by atoms with van der Waals surface area (Å²) in [4.78, 5) is 4.67. The van der Waals surface area contributed by atoms with Crippen LogP contribution in [-0.4, -0.2) is 9.55 Å². The van der Waals surface area contributed by atoms with Gasteiger partial charge in [0.25, 0.3) is 0 Å². The number of hydrogen-bond donors (Lipinski definition) is 1. The number of nitrogen functional groups attached to an aromatic ring is 1. The van der Waals surface area contributed by atoms with Crippen molar-refractivity contribution in [2.45, 2.75) is 40.2 Å². The smallest absolute Gasteiger partial charge is 0.131 e. The van der Waals surface area contributed by atoms with Gasteiger partial charge in [0.15, 0.2) is 0 Å². The van der Waals surface area contributed by atoms with Gasteiger partial charge in [0.2, 0.25) is 0 Å². The molecule has 0 saturated heterocycles. The molecule has 0 spiro atoms. The molecule has 2 aromatic rings. The van der Waals surface area contributed by atoms with Crippen molar-refractivity contribution >= 4 is 21.7 Å². The summed E-state index contributed by atoms with van der Waals surface area (Å²) in [5.74, 6) is 1.76. The fourth-order valence-corrected chi connectivity index (χ4v) is 2.81. The van der Waals surface area contributed by atoms with Crippen LogP contribution >= 0.6 is 15.9 Å². The lowest BCUT2D eigenvalue weighted by atomic mass is 10.1. The number of rotatable bonds is 5. The van der Waals surface area contributed by atoms with Gasteiger partial charge in [0.1, 0.15) is 23.2 Å². The van der Waals surface area contributed by atoms with Crippen molar-refractivity contribution in [3.8, 4) is 11.3 Å². The average molecular weight is 354 g/mol. The van der Waals surface area contributed by atoms with Crippen LogP contribution in [0.15, 0.2) is 22.7 Å². The van der Waals surface area contributed by atoms with Crippen LogP contribution < -0.4 is 5.73 Å². The molecule has 0 bridgehead atoms. The minimum absolute atomic E-state index is 0.289. The van der Waals surface area contributed by atoms with Crippen molar-refractivity contribution in [1.82, 2.24) is 9.55 Å².